The smallest absolute Gasteiger partial charge is 0.107 e. The molecule has 136 valence electrons. The summed E-state index contributed by atoms with van der Waals surface area (Å²) in [5.41, 5.74) is 0. The molecule has 4 heteroatoms. The molecule has 0 radical (unpaired) electrons. The summed E-state index contributed by atoms with van der Waals surface area (Å²) < 4.78 is 11.0. The highest BCUT2D eigenvalue weighted by molar-refractivity contribution is 4.94. The predicted molar refractivity (Wildman–Crippen MR) is 95.8 cm³/mol. The Hall–Kier alpha value is -0.940. The van der Waals surface area contributed by atoms with E-state index in [1.54, 1.807) is 6.08 Å². The molecular formula is C20H32O4. The molecule has 4 nitrogen and oxygen atoms in total. The van der Waals surface area contributed by atoms with Crippen molar-refractivity contribution in [2.75, 3.05) is 13.2 Å². The first-order valence-electron chi connectivity index (χ1n) is 9.23. The summed E-state index contributed by atoms with van der Waals surface area (Å²) in [5.74, 6) is 0.516. The van der Waals surface area contributed by atoms with E-state index in [4.69, 9.17) is 19.7 Å². The fourth-order valence-electron chi connectivity index (χ4n) is 3.09. The molecule has 5 unspecified atom stereocenters. The van der Waals surface area contributed by atoms with Crippen LogP contribution in [0.25, 0.3) is 0 Å². The third-order valence-electron chi connectivity index (χ3n) is 4.82. The van der Waals surface area contributed by atoms with Crippen molar-refractivity contribution >= 4 is 0 Å². The Morgan fingerprint density at radius 3 is 2.08 bits per heavy atom. The van der Waals surface area contributed by atoms with E-state index in [-0.39, 0.29) is 25.4 Å². The predicted octanol–water partition coefficient (Wildman–Crippen LogP) is 3.15. The summed E-state index contributed by atoms with van der Waals surface area (Å²) in [7, 11) is 0. The van der Waals surface area contributed by atoms with Gasteiger partial charge in [0, 0.05) is 0 Å². The van der Waals surface area contributed by atoms with Crippen LogP contribution in [0, 0.1) is 5.92 Å². The van der Waals surface area contributed by atoms with Crippen LogP contribution >= 0.6 is 0 Å². The van der Waals surface area contributed by atoms with E-state index in [9.17, 15) is 0 Å². The van der Waals surface area contributed by atoms with Crippen molar-refractivity contribution < 1.29 is 19.7 Å². The van der Waals surface area contributed by atoms with Crippen molar-refractivity contribution in [3.05, 3.63) is 37.0 Å². The van der Waals surface area contributed by atoms with Crippen LogP contribution in [-0.4, -0.2) is 47.8 Å². The van der Waals surface area contributed by atoms with Crippen LogP contribution in [0.4, 0.5) is 0 Å². The van der Waals surface area contributed by atoms with Crippen LogP contribution in [0.1, 0.15) is 44.9 Å². The molecule has 2 N–H and O–H groups in total. The molecule has 2 aliphatic heterocycles. The van der Waals surface area contributed by atoms with Gasteiger partial charge in [-0.15, -0.1) is 6.58 Å². The van der Waals surface area contributed by atoms with Crippen molar-refractivity contribution in [3.63, 3.8) is 0 Å². The average Bonchev–Trinajstić information content (AvgIpc) is 3.50. The minimum atomic E-state index is 0.0879. The van der Waals surface area contributed by atoms with E-state index >= 15 is 0 Å². The lowest BCUT2D eigenvalue weighted by molar-refractivity contribution is 0.241. The Kier molecular flexibility index (Phi) is 8.75. The van der Waals surface area contributed by atoms with Gasteiger partial charge >= 0.3 is 0 Å². The highest BCUT2D eigenvalue weighted by atomic mass is 16.6. The summed E-state index contributed by atoms with van der Waals surface area (Å²) in [4.78, 5) is 0. The summed E-state index contributed by atoms with van der Waals surface area (Å²) in [5, 5.41) is 17.6. The Morgan fingerprint density at radius 1 is 0.833 bits per heavy atom. The Labute approximate surface area is 145 Å². The number of epoxide rings is 2. The SMILES string of the molecule is C=CC(C/C=C\CCC1OC1CO)CCC1OC1CC/C=C/CO. The quantitative estimate of drug-likeness (QED) is 0.378. The molecule has 5 atom stereocenters. The van der Waals surface area contributed by atoms with E-state index in [2.05, 4.69) is 24.8 Å². The van der Waals surface area contributed by atoms with Crippen LogP contribution < -0.4 is 0 Å². The van der Waals surface area contributed by atoms with Crippen LogP contribution in [0.15, 0.2) is 37.0 Å². The zero-order valence-electron chi connectivity index (χ0n) is 14.6. The third kappa shape index (κ3) is 7.31. The first kappa shape index (κ1) is 19.4. The third-order valence-corrected chi connectivity index (χ3v) is 4.82. The van der Waals surface area contributed by atoms with Gasteiger partial charge in [-0.3, -0.25) is 0 Å². The maximum atomic E-state index is 8.91. The number of ether oxygens (including phenoxy) is 2. The van der Waals surface area contributed by atoms with Crippen molar-refractivity contribution in [3.8, 4) is 0 Å². The lowest BCUT2D eigenvalue weighted by atomic mass is 9.97. The Balaban J connectivity index is 1.48. The van der Waals surface area contributed by atoms with Gasteiger partial charge in [-0.25, -0.2) is 0 Å². The van der Waals surface area contributed by atoms with Gasteiger partial charge in [-0.05, 0) is 50.9 Å². The second-order valence-corrected chi connectivity index (χ2v) is 6.70. The molecule has 0 aliphatic carbocycles. The molecule has 0 aromatic rings. The number of hydrogen-bond donors (Lipinski definition) is 2. The largest absolute Gasteiger partial charge is 0.394 e. The minimum absolute atomic E-state index is 0.0879. The van der Waals surface area contributed by atoms with E-state index < -0.39 is 0 Å². The molecule has 2 rings (SSSR count). The molecule has 0 bridgehead atoms. The molecule has 2 aliphatic rings. The van der Waals surface area contributed by atoms with Crippen molar-refractivity contribution in [2.45, 2.75) is 69.4 Å². The van der Waals surface area contributed by atoms with Crippen molar-refractivity contribution in [1.82, 2.24) is 0 Å². The topological polar surface area (TPSA) is 65.5 Å². The first-order valence-corrected chi connectivity index (χ1v) is 9.23. The minimum Gasteiger partial charge on any atom is -0.394 e. The highest BCUT2D eigenvalue weighted by Crippen LogP contribution is 2.32. The highest BCUT2D eigenvalue weighted by Gasteiger charge is 2.37. The molecule has 2 heterocycles. The average molecular weight is 336 g/mol. The van der Waals surface area contributed by atoms with E-state index in [0.717, 1.165) is 44.9 Å². The summed E-state index contributed by atoms with van der Waals surface area (Å²) in [6.07, 6.45) is 18.8. The number of rotatable bonds is 14. The maximum absolute atomic E-state index is 8.91. The summed E-state index contributed by atoms with van der Waals surface area (Å²) >= 11 is 0. The molecule has 2 fully saturated rings. The molecule has 0 aromatic carbocycles. The van der Waals surface area contributed by atoms with Gasteiger partial charge < -0.3 is 19.7 Å². The first-order chi connectivity index (χ1) is 11.8. The molecular weight excluding hydrogens is 304 g/mol. The van der Waals surface area contributed by atoms with Crippen molar-refractivity contribution in [1.29, 1.82) is 0 Å². The van der Waals surface area contributed by atoms with E-state index in [1.165, 1.54) is 0 Å². The molecule has 0 spiro atoms. The zero-order chi connectivity index (χ0) is 17.2. The van der Waals surface area contributed by atoms with Gasteiger partial charge in [0.25, 0.3) is 0 Å². The molecule has 24 heavy (non-hydrogen) atoms. The number of allylic oxidation sites excluding steroid dienone is 4. The molecule has 0 saturated carbocycles. The Bertz CT molecular complexity index is 418. The number of hydrogen-bond acceptors (Lipinski definition) is 4. The van der Waals surface area contributed by atoms with Gasteiger partial charge in [0.15, 0.2) is 0 Å². The van der Waals surface area contributed by atoms with Crippen LogP contribution in [0.2, 0.25) is 0 Å². The van der Waals surface area contributed by atoms with Crippen LogP contribution in [-0.2, 0) is 9.47 Å². The van der Waals surface area contributed by atoms with Crippen LogP contribution in [0.3, 0.4) is 0 Å². The fraction of sp³-hybridized carbons (Fsp3) is 0.700. The maximum Gasteiger partial charge on any atom is 0.107 e. The summed E-state index contributed by atoms with van der Waals surface area (Å²) in [6, 6.07) is 0. The zero-order valence-corrected chi connectivity index (χ0v) is 14.6. The summed E-state index contributed by atoms with van der Waals surface area (Å²) in [6.45, 7) is 4.22. The van der Waals surface area contributed by atoms with Gasteiger partial charge in [0.1, 0.15) is 6.10 Å². The molecule has 2 saturated heterocycles. The standard InChI is InChI=1S/C20H32O4/c1-2-16(9-5-3-6-11-18-20(15-22)24-18)12-13-19-17(23-19)10-7-4-8-14-21/h2-5,8,16-22H,1,6-7,9-15H2/b5-3-,8-4+. The number of aliphatic hydroxyl groups excluding tert-OH is 2. The lowest BCUT2D eigenvalue weighted by Gasteiger charge is -2.08. The van der Waals surface area contributed by atoms with Crippen molar-refractivity contribution in [2.24, 2.45) is 5.92 Å². The normalized spacial score (nSPS) is 30.1. The lowest BCUT2D eigenvalue weighted by Crippen LogP contribution is -2.00. The van der Waals surface area contributed by atoms with E-state index in [1.807, 2.05) is 6.08 Å². The Morgan fingerprint density at radius 2 is 1.46 bits per heavy atom. The monoisotopic (exact) mass is 336 g/mol. The second-order valence-electron chi connectivity index (χ2n) is 6.70. The fourth-order valence-corrected chi connectivity index (χ4v) is 3.09. The molecule has 0 aromatic heterocycles. The van der Waals surface area contributed by atoms with Crippen LogP contribution in [0.5, 0.6) is 0 Å². The van der Waals surface area contributed by atoms with E-state index in [0.29, 0.717) is 18.1 Å². The van der Waals surface area contributed by atoms with Gasteiger partial charge in [0.05, 0.1) is 31.5 Å². The van der Waals surface area contributed by atoms with Gasteiger partial charge in [-0.1, -0.05) is 30.4 Å². The second kappa shape index (κ2) is 10.8. The number of aliphatic hydroxyl groups is 2. The molecule has 0 amide bonds. The van der Waals surface area contributed by atoms with Gasteiger partial charge in [-0.2, -0.15) is 0 Å². The van der Waals surface area contributed by atoms with Gasteiger partial charge in [0.2, 0.25) is 0 Å².